The van der Waals surface area contributed by atoms with E-state index in [0.717, 1.165) is 4.47 Å². The van der Waals surface area contributed by atoms with Crippen molar-refractivity contribution in [1.82, 2.24) is 4.90 Å². The molecule has 0 saturated heterocycles. The van der Waals surface area contributed by atoms with E-state index >= 15 is 0 Å². The zero-order valence-corrected chi connectivity index (χ0v) is 15.1. The van der Waals surface area contributed by atoms with Crippen molar-refractivity contribution in [3.05, 3.63) is 68.4 Å². The second kappa shape index (κ2) is 8.68. The predicted molar refractivity (Wildman–Crippen MR) is 96.8 cm³/mol. The van der Waals surface area contributed by atoms with Gasteiger partial charge in [0.05, 0.1) is 4.92 Å². The molecular formula is C17H17BrFN3O3. The summed E-state index contributed by atoms with van der Waals surface area (Å²) >= 11 is 3.30. The van der Waals surface area contributed by atoms with Crippen LogP contribution in [0.5, 0.6) is 0 Å². The molecular weight excluding hydrogens is 393 g/mol. The fourth-order valence-electron chi connectivity index (χ4n) is 2.25. The van der Waals surface area contributed by atoms with Crippen LogP contribution in [0.2, 0.25) is 0 Å². The molecule has 0 bridgehead atoms. The van der Waals surface area contributed by atoms with Crippen molar-refractivity contribution in [2.75, 3.05) is 18.9 Å². The number of hydrogen-bond donors (Lipinski definition) is 1. The molecule has 0 aliphatic rings. The van der Waals surface area contributed by atoms with E-state index in [4.69, 9.17) is 0 Å². The minimum absolute atomic E-state index is 0.0833. The largest absolute Gasteiger partial charge is 0.326 e. The molecule has 25 heavy (non-hydrogen) atoms. The number of nitro benzene ring substituents is 1. The second-order valence-corrected chi connectivity index (χ2v) is 6.49. The number of nitrogens with zero attached hydrogens (tertiary/aromatic N) is 2. The molecule has 8 heteroatoms. The van der Waals surface area contributed by atoms with Crippen LogP contribution in [0.25, 0.3) is 0 Å². The van der Waals surface area contributed by atoms with Gasteiger partial charge in [-0.1, -0.05) is 22.0 Å². The third-order valence-electron chi connectivity index (χ3n) is 3.51. The van der Waals surface area contributed by atoms with Crippen LogP contribution in [-0.4, -0.2) is 29.3 Å². The Bertz CT molecular complexity index is 785. The van der Waals surface area contributed by atoms with E-state index in [2.05, 4.69) is 21.2 Å². The van der Waals surface area contributed by atoms with Gasteiger partial charge in [-0.15, -0.1) is 0 Å². The molecule has 2 rings (SSSR count). The Kier molecular flexibility index (Phi) is 6.60. The number of benzene rings is 2. The van der Waals surface area contributed by atoms with Crippen molar-refractivity contribution < 1.29 is 14.1 Å². The Hall–Kier alpha value is -2.32. The van der Waals surface area contributed by atoms with Crippen LogP contribution >= 0.6 is 15.9 Å². The molecule has 0 aromatic heterocycles. The number of nitro groups is 1. The van der Waals surface area contributed by atoms with Crippen LogP contribution in [0.15, 0.2) is 46.9 Å². The lowest BCUT2D eigenvalue weighted by atomic mass is 10.2. The highest BCUT2D eigenvalue weighted by Gasteiger charge is 2.11. The normalized spacial score (nSPS) is 10.7. The molecule has 0 heterocycles. The lowest BCUT2D eigenvalue weighted by molar-refractivity contribution is -0.384. The second-order valence-electron chi connectivity index (χ2n) is 5.58. The predicted octanol–water partition coefficient (Wildman–Crippen LogP) is 3.96. The van der Waals surface area contributed by atoms with Gasteiger partial charge in [0.15, 0.2) is 0 Å². The van der Waals surface area contributed by atoms with E-state index in [1.165, 1.54) is 24.3 Å². The fourth-order valence-corrected chi connectivity index (χ4v) is 2.66. The summed E-state index contributed by atoms with van der Waals surface area (Å²) in [5.74, 6) is -0.557. The third kappa shape index (κ3) is 5.91. The fraction of sp³-hybridized carbons (Fsp3) is 0.235. The molecule has 1 N–H and O–H groups in total. The lowest BCUT2D eigenvalue weighted by Crippen LogP contribution is -2.24. The SMILES string of the molecule is CN(CCC(=O)Nc1cccc([N+](=O)[O-])c1)Cc1cc(Br)ccc1F. The van der Waals surface area contributed by atoms with Gasteiger partial charge in [0.2, 0.25) is 5.91 Å². The quantitative estimate of drug-likeness (QED) is 0.554. The molecule has 2 aromatic rings. The number of carbonyl (C=O) groups excluding carboxylic acids is 1. The molecule has 6 nitrogen and oxygen atoms in total. The van der Waals surface area contributed by atoms with E-state index in [9.17, 15) is 19.3 Å². The summed E-state index contributed by atoms with van der Waals surface area (Å²) in [6, 6.07) is 10.5. The van der Waals surface area contributed by atoms with E-state index in [1.807, 2.05) is 4.90 Å². The summed E-state index contributed by atoms with van der Waals surface area (Å²) in [6.45, 7) is 0.794. The topological polar surface area (TPSA) is 75.5 Å². The molecule has 0 fully saturated rings. The van der Waals surface area contributed by atoms with Crippen LogP contribution in [0.1, 0.15) is 12.0 Å². The first-order valence-electron chi connectivity index (χ1n) is 7.52. The van der Waals surface area contributed by atoms with Crippen LogP contribution in [0, 0.1) is 15.9 Å². The lowest BCUT2D eigenvalue weighted by Gasteiger charge is -2.17. The molecule has 0 radical (unpaired) electrons. The molecule has 0 saturated carbocycles. The van der Waals surface area contributed by atoms with E-state index in [-0.39, 0.29) is 23.8 Å². The van der Waals surface area contributed by atoms with Crippen molar-refractivity contribution in [2.24, 2.45) is 0 Å². The highest BCUT2D eigenvalue weighted by atomic mass is 79.9. The van der Waals surface area contributed by atoms with Crippen LogP contribution in [0.4, 0.5) is 15.8 Å². The number of halogens is 2. The molecule has 0 atom stereocenters. The third-order valence-corrected chi connectivity index (χ3v) is 4.00. The van der Waals surface area contributed by atoms with Crippen molar-refractivity contribution in [1.29, 1.82) is 0 Å². The first-order valence-corrected chi connectivity index (χ1v) is 8.31. The number of non-ortho nitro benzene ring substituents is 1. The maximum Gasteiger partial charge on any atom is 0.271 e. The standard InChI is InChI=1S/C17H17BrFN3O3/c1-21(11-12-9-13(18)5-6-16(12)19)8-7-17(23)20-14-3-2-4-15(10-14)22(24)25/h2-6,9-10H,7-8,11H2,1H3,(H,20,23). The first kappa shape index (κ1) is 19.0. The van der Waals surface area contributed by atoms with Crippen molar-refractivity contribution >= 4 is 33.2 Å². The van der Waals surface area contributed by atoms with Gasteiger partial charge >= 0.3 is 0 Å². The van der Waals surface area contributed by atoms with Crippen LogP contribution < -0.4 is 5.32 Å². The van der Waals surface area contributed by atoms with Gasteiger partial charge in [-0.3, -0.25) is 14.9 Å². The average molecular weight is 410 g/mol. The van der Waals surface area contributed by atoms with Gasteiger partial charge < -0.3 is 10.2 Å². The van der Waals surface area contributed by atoms with Crippen molar-refractivity contribution in [3.63, 3.8) is 0 Å². The minimum Gasteiger partial charge on any atom is -0.326 e. The summed E-state index contributed by atoms with van der Waals surface area (Å²) in [5.41, 5.74) is 0.830. The van der Waals surface area contributed by atoms with Gasteiger partial charge in [0.1, 0.15) is 5.82 Å². The number of carbonyl (C=O) groups is 1. The van der Waals surface area contributed by atoms with Gasteiger partial charge in [0, 0.05) is 47.4 Å². The molecule has 0 aliphatic carbocycles. The molecule has 132 valence electrons. The minimum atomic E-state index is -0.518. The van der Waals surface area contributed by atoms with Crippen molar-refractivity contribution in [2.45, 2.75) is 13.0 Å². The number of rotatable bonds is 7. The number of hydrogen-bond acceptors (Lipinski definition) is 4. The summed E-state index contributed by atoms with van der Waals surface area (Å²) in [7, 11) is 1.79. The zero-order chi connectivity index (χ0) is 18.4. The number of nitrogens with one attached hydrogen (secondary N) is 1. The highest BCUT2D eigenvalue weighted by Crippen LogP contribution is 2.18. The smallest absolute Gasteiger partial charge is 0.271 e. The Labute approximate surface area is 152 Å². The summed E-state index contributed by atoms with van der Waals surface area (Å²) in [4.78, 5) is 24.0. The van der Waals surface area contributed by atoms with Crippen LogP contribution in [-0.2, 0) is 11.3 Å². The van der Waals surface area contributed by atoms with E-state index < -0.39 is 4.92 Å². The van der Waals surface area contributed by atoms with Gasteiger partial charge in [0.25, 0.3) is 5.69 Å². The molecule has 0 aliphatic heterocycles. The highest BCUT2D eigenvalue weighted by molar-refractivity contribution is 9.10. The molecule has 2 aromatic carbocycles. The summed E-state index contributed by atoms with van der Waals surface area (Å²) in [5, 5.41) is 13.4. The Balaban J connectivity index is 1.86. The molecule has 0 spiro atoms. The van der Waals surface area contributed by atoms with Gasteiger partial charge in [-0.2, -0.15) is 0 Å². The number of amides is 1. The van der Waals surface area contributed by atoms with Gasteiger partial charge in [-0.25, -0.2) is 4.39 Å². The Morgan fingerprint density at radius 1 is 1.32 bits per heavy atom. The summed E-state index contributed by atoms with van der Waals surface area (Å²) in [6.07, 6.45) is 0.189. The summed E-state index contributed by atoms with van der Waals surface area (Å²) < 4.78 is 14.5. The first-order chi connectivity index (χ1) is 11.8. The van der Waals surface area contributed by atoms with Crippen molar-refractivity contribution in [3.8, 4) is 0 Å². The molecule has 0 unspecified atom stereocenters. The molecule has 1 amide bonds. The zero-order valence-electron chi connectivity index (χ0n) is 13.5. The Morgan fingerprint density at radius 2 is 2.08 bits per heavy atom. The van der Waals surface area contributed by atoms with E-state index in [0.29, 0.717) is 24.3 Å². The number of anilines is 1. The monoisotopic (exact) mass is 409 g/mol. The Morgan fingerprint density at radius 3 is 2.80 bits per heavy atom. The maximum atomic E-state index is 13.7. The van der Waals surface area contributed by atoms with E-state index in [1.54, 1.807) is 25.2 Å². The maximum absolute atomic E-state index is 13.7. The van der Waals surface area contributed by atoms with Gasteiger partial charge in [-0.05, 0) is 31.3 Å². The van der Waals surface area contributed by atoms with Crippen LogP contribution in [0.3, 0.4) is 0 Å². The average Bonchev–Trinajstić information content (AvgIpc) is 2.56.